The largest absolute Gasteiger partial charge is 0.383 e. The van der Waals surface area contributed by atoms with E-state index < -0.39 is 0 Å². The minimum atomic E-state index is -0.337. The third kappa shape index (κ3) is 4.78. The zero-order valence-electron chi connectivity index (χ0n) is 19.5. The van der Waals surface area contributed by atoms with Gasteiger partial charge in [-0.15, -0.1) is 0 Å². The van der Waals surface area contributed by atoms with Crippen LogP contribution >= 0.6 is 0 Å². The van der Waals surface area contributed by atoms with E-state index in [1.165, 1.54) is 24.0 Å². The highest BCUT2D eigenvalue weighted by Crippen LogP contribution is 2.31. The number of allylic oxidation sites excluding steroid dienone is 5. The van der Waals surface area contributed by atoms with Gasteiger partial charge < -0.3 is 5.73 Å². The van der Waals surface area contributed by atoms with E-state index >= 15 is 0 Å². The van der Waals surface area contributed by atoms with Crippen molar-refractivity contribution < 1.29 is 4.39 Å². The molecule has 0 bridgehead atoms. The quantitative estimate of drug-likeness (QED) is 0.341. The van der Waals surface area contributed by atoms with Gasteiger partial charge in [-0.2, -0.15) is 0 Å². The summed E-state index contributed by atoms with van der Waals surface area (Å²) in [6, 6.07) is 12.0. The van der Waals surface area contributed by atoms with Gasteiger partial charge >= 0.3 is 0 Å². The molecule has 0 aliphatic rings. The molecule has 1 aromatic carbocycles. The number of nitrogens with two attached hydrogens (primary N) is 1. The monoisotopic (exact) mass is 454 g/mol. The fourth-order valence-electron chi connectivity index (χ4n) is 3.69. The lowest BCUT2D eigenvalue weighted by Crippen LogP contribution is -2.03. The third-order valence-electron chi connectivity index (χ3n) is 5.38. The van der Waals surface area contributed by atoms with Crippen molar-refractivity contribution in [3.05, 3.63) is 90.8 Å². The summed E-state index contributed by atoms with van der Waals surface area (Å²) in [6.45, 7) is 10.1. The number of imidazole rings is 1. The Labute approximate surface area is 198 Å². The number of pyridine rings is 1. The van der Waals surface area contributed by atoms with Gasteiger partial charge in [0.05, 0.1) is 11.3 Å². The topological polar surface area (TPSA) is 82.5 Å². The zero-order valence-corrected chi connectivity index (χ0v) is 19.5. The lowest BCUT2D eigenvalue weighted by molar-refractivity contribution is 0.647. The van der Waals surface area contributed by atoms with Gasteiger partial charge in [0, 0.05) is 11.9 Å². The van der Waals surface area contributed by atoms with Crippen LogP contribution in [0.2, 0.25) is 0 Å². The summed E-state index contributed by atoms with van der Waals surface area (Å²) in [5.41, 5.74) is 11.5. The molecule has 0 aliphatic carbocycles. The molecule has 0 unspecified atom stereocenters. The maximum Gasteiger partial charge on any atom is 0.165 e. The van der Waals surface area contributed by atoms with E-state index in [9.17, 15) is 4.39 Å². The average molecular weight is 455 g/mol. The first-order valence-corrected chi connectivity index (χ1v) is 11.1. The maximum absolute atomic E-state index is 13.6. The normalized spacial score (nSPS) is 12.2. The summed E-state index contributed by atoms with van der Waals surface area (Å²) in [5.74, 6) is 1.15. The van der Waals surface area contributed by atoms with E-state index in [2.05, 4.69) is 42.5 Å². The number of halogens is 1. The van der Waals surface area contributed by atoms with Crippen molar-refractivity contribution in [3.8, 4) is 17.1 Å². The highest BCUT2D eigenvalue weighted by molar-refractivity contribution is 5.84. The Hall–Kier alpha value is -4.13. The van der Waals surface area contributed by atoms with Crippen molar-refractivity contribution in [2.24, 2.45) is 5.92 Å². The molecular formula is C27H27FN6. The number of fused-ring (bicyclic) bond motifs is 1. The Morgan fingerprint density at radius 2 is 1.88 bits per heavy atom. The van der Waals surface area contributed by atoms with Crippen LogP contribution in [0, 0.1) is 5.92 Å². The summed E-state index contributed by atoms with van der Waals surface area (Å²) in [5, 5.41) is 0. The smallest absolute Gasteiger partial charge is 0.165 e. The van der Waals surface area contributed by atoms with Crippen molar-refractivity contribution in [2.75, 3.05) is 5.73 Å². The van der Waals surface area contributed by atoms with Crippen molar-refractivity contribution in [3.63, 3.8) is 0 Å². The summed E-state index contributed by atoms with van der Waals surface area (Å²) >= 11 is 0. The Bertz CT molecular complexity index is 1400. The van der Waals surface area contributed by atoms with Crippen LogP contribution in [0.3, 0.4) is 0 Å². The van der Waals surface area contributed by atoms with Gasteiger partial charge in [-0.3, -0.25) is 4.57 Å². The molecule has 172 valence electrons. The SMILES string of the molecule is C=C(/C=C\C(F)=C/C)c1ccc2nc(-c3cncnc3N)n(-c3ccc(CC(C)C)cc3)c2n1. The van der Waals surface area contributed by atoms with Crippen LogP contribution in [-0.2, 0) is 6.42 Å². The van der Waals surface area contributed by atoms with Gasteiger partial charge in [0.2, 0.25) is 0 Å². The summed E-state index contributed by atoms with van der Waals surface area (Å²) < 4.78 is 15.5. The van der Waals surface area contributed by atoms with Gasteiger partial charge in [-0.05, 0) is 60.7 Å². The molecule has 34 heavy (non-hydrogen) atoms. The van der Waals surface area contributed by atoms with E-state index in [0.29, 0.717) is 45.6 Å². The van der Waals surface area contributed by atoms with E-state index in [1.807, 2.05) is 28.8 Å². The second kappa shape index (κ2) is 9.79. The molecule has 0 fully saturated rings. The van der Waals surface area contributed by atoms with Crippen LogP contribution in [0.5, 0.6) is 0 Å². The van der Waals surface area contributed by atoms with Crippen molar-refractivity contribution >= 4 is 22.6 Å². The van der Waals surface area contributed by atoms with Gasteiger partial charge in [0.15, 0.2) is 11.5 Å². The molecule has 2 N–H and O–H groups in total. The Kier molecular flexibility index (Phi) is 6.63. The molecule has 0 saturated carbocycles. The van der Waals surface area contributed by atoms with Gasteiger partial charge in [0.25, 0.3) is 0 Å². The Morgan fingerprint density at radius 1 is 1.12 bits per heavy atom. The van der Waals surface area contributed by atoms with Crippen LogP contribution in [-0.4, -0.2) is 24.5 Å². The minimum Gasteiger partial charge on any atom is -0.383 e. The molecule has 4 aromatic rings. The number of hydrogen-bond acceptors (Lipinski definition) is 5. The number of aromatic nitrogens is 5. The van der Waals surface area contributed by atoms with Crippen LogP contribution in [0.25, 0.3) is 33.8 Å². The number of hydrogen-bond donors (Lipinski definition) is 1. The van der Waals surface area contributed by atoms with Crippen molar-refractivity contribution in [2.45, 2.75) is 27.2 Å². The first-order valence-electron chi connectivity index (χ1n) is 11.1. The van der Waals surface area contributed by atoms with Crippen molar-refractivity contribution in [1.82, 2.24) is 24.5 Å². The minimum absolute atomic E-state index is 0.331. The molecule has 0 atom stereocenters. The lowest BCUT2D eigenvalue weighted by Gasteiger charge is -2.12. The predicted octanol–water partition coefficient (Wildman–Crippen LogP) is 6.10. The molecule has 4 rings (SSSR count). The highest BCUT2D eigenvalue weighted by atomic mass is 19.1. The van der Waals surface area contributed by atoms with Crippen LogP contribution in [0.4, 0.5) is 10.2 Å². The van der Waals surface area contributed by atoms with E-state index in [1.54, 1.807) is 19.2 Å². The maximum atomic E-state index is 13.6. The van der Waals surface area contributed by atoms with E-state index in [-0.39, 0.29) is 5.83 Å². The lowest BCUT2D eigenvalue weighted by atomic mass is 10.0. The van der Waals surface area contributed by atoms with E-state index in [4.69, 9.17) is 15.7 Å². The van der Waals surface area contributed by atoms with Gasteiger partial charge in [0.1, 0.15) is 23.5 Å². The molecule has 0 radical (unpaired) electrons. The molecule has 3 heterocycles. The summed E-state index contributed by atoms with van der Waals surface area (Å²) in [6.07, 6.45) is 8.41. The van der Waals surface area contributed by atoms with Crippen LogP contribution in [0.1, 0.15) is 32.0 Å². The van der Waals surface area contributed by atoms with Crippen molar-refractivity contribution in [1.29, 1.82) is 0 Å². The predicted molar refractivity (Wildman–Crippen MR) is 136 cm³/mol. The van der Waals surface area contributed by atoms with Gasteiger partial charge in [-0.25, -0.2) is 24.3 Å². The fourth-order valence-corrected chi connectivity index (χ4v) is 3.69. The van der Waals surface area contributed by atoms with Crippen LogP contribution in [0.15, 0.2) is 79.6 Å². The van der Waals surface area contributed by atoms with E-state index in [0.717, 1.165) is 12.1 Å². The summed E-state index contributed by atoms with van der Waals surface area (Å²) in [7, 11) is 0. The third-order valence-corrected chi connectivity index (χ3v) is 5.38. The second-order valence-corrected chi connectivity index (χ2v) is 8.43. The van der Waals surface area contributed by atoms with Gasteiger partial charge in [-0.1, -0.05) is 44.7 Å². The summed E-state index contributed by atoms with van der Waals surface area (Å²) in [4.78, 5) is 17.9. The first kappa shape index (κ1) is 23.0. The number of rotatable bonds is 7. The number of nitrogen functional groups attached to an aromatic ring is 1. The number of nitrogens with zero attached hydrogens (tertiary/aromatic N) is 5. The number of anilines is 1. The molecule has 6 nitrogen and oxygen atoms in total. The molecule has 0 saturated heterocycles. The average Bonchev–Trinajstić information content (AvgIpc) is 3.21. The fraction of sp³-hybridized carbons (Fsp3) is 0.185. The first-order chi connectivity index (χ1) is 16.4. The Morgan fingerprint density at radius 3 is 2.56 bits per heavy atom. The number of benzene rings is 1. The zero-order chi connectivity index (χ0) is 24.2. The Balaban J connectivity index is 1.89. The molecular weight excluding hydrogens is 427 g/mol. The highest BCUT2D eigenvalue weighted by Gasteiger charge is 2.19. The molecule has 0 amide bonds. The molecule has 3 aromatic heterocycles. The second-order valence-electron chi connectivity index (χ2n) is 8.43. The molecule has 0 spiro atoms. The standard InChI is InChI=1S/C27H27FN6/c1-5-20(28)9-6-18(4)23-12-13-24-27(32-23)34(21-10-7-19(8-11-21)14-17(2)3)26(33-24)22-15-30-16-31-25(22)29/h5-13,15-17H,4,14H2,1-3H3,(H2,29,30,31)/b9-6-,20-5+. The molecule has 7 heteroatoms. The molecule has 0 aliphatic heterocycles. The van der Waals surface area contributed by atoms with Crippen LogP contribution < -0.4 is 5.73 Å².